The molecular formula is C27H39FO3S. The maximum atomic E-state index is 13.7. The summed E-state index contributed by atoms with van der Waals surface area (Å²) in [4.78, 5) is 13.7. The summed E-state index contributed by atoms with van der Waals surface area (Å²) in [6, 6.07) is 11.8. The first-order valence-corrected chi connectivity index (χ1v) is 12.7. The van der Waals surface area contributed by atoms with Crippen LogP contribution in [0.2, 0.25) is 0 Å². The Bertz CT molecular complexity index is 775. The van der Waals surface area contributed by atoms with E-state index in [0.29, 0.717) is 24.3 Å². The number of rotatable bonds is 14. The molecule has 0 spiro atoms. The first-order valence-electron chi connectivity index (χ1n) is 11.7. The lowest BCUT2D eigenvalue weighted by atomic mass is 10.0. The Hall–Kier alpha value is -1.69. The van der Waals surface area contributed by atoms with Crippen molar-refractivity contribution in [3.63, 3.8) is 0 Å². The molecule has 0 aliphatic heterocycles. The molecule has 0 saturated heterocycles. The van der Waals surface area contributed by atoms with Crippen molar-refractivity contribution in [1.82, 2.24) is 0 Å². The van der Waals surface area contributed by atoms with Crippen LogP contribution in [0.4, 0.5) is 4.39 Å². The number of unbranched alkanes of at least 4 members (excludes halogenated alkanes) is 6. The minimum Gasteiger partial charge on any atom is -0.396 e. The molecule has 0 aliphatic rings. The summed E-state index contributed by atoms with van der Waals surface area (Å²) in [5.41, 5.74) is 1.93. The molecule has 2 rings (SSSR count). The Morgan fingerprint density at radius 2 is 1.69 bits per heavy atom. The van der Waals surface area contributed by atoms with Crippen LogP contribution < -0.4 is 0 Å². The van der Waals surface area contributed by atoms with Crippen molar-refractivity contribution in [2.24, 2.45) is 0 Å². The van der Waals surface area contributed by atoms with Gasteiger partial charge in [-0.1, -0.05) is 70.6 Å². The highest BCUT2D eigenvalue weighted by atomic mass is 32.2. The maximum Gasteiger partial charge on any atom is 0.194 e. The van der Waals surface area contributed by atoms with E-state index in [9.17, 15) is 9.18 Å². The van der Waals surface area contributed by atoms with Gasteiger partial charge in [0.1, 0.15) is 5.82 Å². The van der Waals surface area contributed by atoms with Gasteiger partial charge in [0.2, 0.25) is 0 Å². The Morgan fingerprint density at radius 3 is 2.34 bits per heavy atom. The first-order chi connectivity index (χ1) is 15.6. The fourth-order valence-electron chi connectivity index (χ4n) is 3.18. The highest BCUT2D eigenvalue weighted by Gasteiger charge is 2.15. The monoisotopic (exact) mass is 462 g/mol. The van der Waals surface area contributed by atoms with E-state index < -0.39 is 0 Å². The fraction of sp³-hybridized carbons (Fsp3) is 0.519. The number of ether oxygens (including phenoxy) is 1. The third-order valence-electron chi connectivity index (χ3n) is 4.95. The molecule has 0 radical (unpaired) electrons. The quantitative estimate of drug-likeness (QED) is 0.180. The predicted molar refractivity (Wildman–Crippen MR) is 133 cm³/mol. The molecule has 1 N–H and O–H groups in total. The van der Waals surface area contributed by atoms with E-state index >= 15 is 0 Å². The van der Waals surface area contributed by atoms with E-state index in [1.807, 2.05) is 18.2 Å². The van der Waals surface area contributed by atoms with E-state index in [1.165, 1.54) is 50.7 Å². The topological polar surface area (TPSA) is 46.5 Å². The molecule has 0 saturated carbocycles. The molecule has 0 unspecified atom stereocenters. The van der Waals surface area contributed by atoms with Crippen molar-refractivity contribution in [2.75, 3.05) is 19.5 Å². The number of halogens is 1. The van der Waals surface area contributed by atoms with Crippen LogP contribution in [0.25, 0.3) is 0 Å². The third-order valence-corrected chi connectivity index (χ3v) is 6.11. The van der Waals surface area contributed by atoms with E-state index in [4.69, 9.17) is 9.84 Å². The van der Waals surface area contributed by atoms with Crippen LogP contribution in [0.1, 0.15) is 86.7 Å². The number of thioether (sulfide) groups is 1. The van der Waals surface area contributed by atoms with Gasteiger partial charge in [-0.3, -0.25) is 4.79 Å². The van der Waals surface area contributed by atoms with Gasteiger partial charge in [0.15, 0.2) is 5.78 Å². The number of aliphatic hydroxyl groups excluding tert-OH is 1. The molecule has 5 heteroatoms. The zero-order valence-electron chi connectivity index (χ0n) is 19.9. The minimum atomic E-state index is -0.383. The Morgan fingerprint density at radius 1 is 0.969 bits per heavy atom. The summed E-state index contributed by atoms with van der Waals surface area (Å²) in [7, 11) is 1.62. The average molecular weight is 463 g/mol. The van der Waals surface area contributed by atoms with Gasteiger partial charge >= 0.3 is 0 Å². The molecule has 0 atom stereocenters. The third kappa shape index (κ3) is 11.3. The lowest BCUT2D eigenvalue weighted by molar-refractivity contribution is 0.103. The van der Waals surface area contributed by atoms with Crippen LogP contribution in [-0.4, -0.2) is 30.4 Å². The average Bonchev–Trinajstić information content (AvgIpc) is 2.80. The lowest BCUT2D eigenvalue weighted by Crippen LogP contribution is -2.05. The standard InChI is InChI=1S/C21H25FO2S.C6H14O/c1-3-4-5-6-12-25-20-11-10-18(22)14-19(20)21(23)17-9-7-8-16(13-17)15-24-2;1-2-3-4-5-6-7/h7-11,13-14H,3-6,12,15H2,1-2H3;7H,2-6H2,1H3. The number of carbonyl (C=O) groups excluding carboxylic acids is 1. The van der Waals surface area contributed by atoms with Crippen molar-refractivity contribution in [3.05, 3.63) is 65.0 Å². The molecule has 0 amide bonds. The second kappa shape index (κ2) is 17.8. The molecule has 2 aromatic carbocycles. The second-order valence-corrected chi connectivity index (χ2v) is 8.93. The van der Waals surface area contributed by atoms with E-state index in [2.05, 4.69) is 13.8 Å². The Kier molecular flexibility index (Phi) is 15.8. The van der Waals surface area contributed by atoms with E-state index in [0.717, 1.165) is 29.1 Å². The SMILES string of the molecule is CCCCCCO.CCCCCCSc1ccc(F)cc1C(=O)c1cccc(COC)c1. The van der Waals surface area contributed by atoms with Gasteiger partial charge in [0, 0.05) is 29.7 Å². The van der Waals surface area contributed by atoms with Gasteiger partial charge in [-0.15, -0.1) is 11.8 Å². The summed E-state index contributed by atoms with van der Waals surface area (Å²) in [5.74, 6) is 0.413. The van der Waals surface area contributed by atoms with Crippen molar-refractivity contribution in [2.45, 2.75) is 76.7 Å². The summed E-state index contributed by atoms with van der Waals surface area (Å²) in [6.45, 7) is 5.16. The van der Waals surface area contributed by atoms with Crippen molar-refractivity contribution in [3.8, 4) is 0 Å². The van der Waals surface area contributed by atoms with Crippen LogP contribution in [0.15, 0.2) is 47.4 Å². The molecule has 0 heterocycles. The fourth-order valence-corrected chi connectivity index (χ4v) is 4.22. The second-order valence-electron chi connectivity index (χ2n) is 7.80. The highest BCUT2D eigenvalue weighted by molar-refractivity contribution is 7.99. The molecular weight excluding hydrogens is 423 g/mol. The zero-order chi connectivity index (χ0) is 23.6. The van der Waals surface area contributed by atoms with Gasteiger partial charge in [0.25, 0.3) is 0 Å². The molecule has 0 aliphatic carbocycles. The van der Waals surface area contributed by atoms with Crippen LogP contribution in [0.5, 0.6) is 0 Å². The van der Waals surface area contributed by atoms with Gasteiger partial charge < -0.3 is 9.84 Å². The molecule has 32 heavy (non-hydrogen) atoms. The number of carbonyl (C=O) groups is 1. The number of benzene rings is 2. The predicted octanol–water partition coefficient (Wildman–Crippen LogP) is 7.43. The normalized spacial score (nSPS) is 10.5. The van der Waals surface area contributed by atoms with Crippen LogP contribution >= 0.6 is 11.8 Å². The number of hydrogen-bond donors (Lipinski definition) is 1. The van der Waals surface area contributed by atoms with Gasteiger partial charge in [-0.25, -0.2) is 4.39 Å². The zero-order valence-corrected chi connectivity index (χ0v) is 20.7. The number of ketones is 1. The van der Waals surface area contributed by atoms with Gasteiger partial charge in [0.05, 0.1) is 6.61 Å². The van der Waals surface area contributed by atoms with Crippen molar-refractivity contribution in [1.29, 1.82) is 0 Å². The van der Waals surface area contributed by atoms with Crippen LogP contribution in [0.3, 0.4) is 0 Å². The first kappa shape index (κ1) is 28.3. The summed E-state index contributed by atoms with van der Waals surface area (Å²) >= 11 is 1.63. The van der Waals surface area contributed by atoms with Crippen molar-refractivity contribution < 1.29 is 19.0 Å². The Labute approximate surface area is 197 Å². The number of aliphatic hydroxyl groups is 1. The smallest absolute Gasteiger partial charge is 0.194 e. The molecule has 0 fully saturated rings. The summed E-state index contributed by atoms with van der Waals surface area (Å²) in [5, 5.41) is 8.29. The van der Waals surface area contributed by atoms with Crippen LogP contribution in [-0.2, 0) is 11.3 Å². The Balaban J connectivity index is 0.000000633. The number of methoxy groups -OCH3 is 1. The molecule has 178 valence electrons. The summed E-state index contributed by atoms with van der Waals surface area (Å²) < 4.78 is 18.9. The van der Waals surface area contributed by atoms with E-state index in [1.54, 1.807) is 31.0 Å². The van der Waals surface area contributed by atoms with Crippen LogP contribution in [0, 0.1) is 5.82 Å². The molecule has 2 aromatic rings. The number of hydrogen-bond acceptors (Lipinski definition) is 4. The van der Waals surface area contributed by atoms with Gasteiger partial charge in [-0.05, 0) is 48.4 Å². The molecule has 0 aromatic heterocycles. The van der Waals surface area contributed by atoms with Crippen molar-refractivity contribution >= 4 is 17.5 Å². The lowest BCUT2D eigenvalue weighted by Gasteiger charge is -2.10. The maximum absolute atomic E-state index is 13.7. The highest BCUT2D eigenvalue weighted by Crippen LogP contribution is 2.27. The minimum absolute atomic E-state index is 0.145. The largest absolute Gasteiger partial charge is 0.396 e. The summed E-state index contributed by atoms with van der Waals surface area (Å²) in [6.07, 6.45) is 9.39. The van der Waals surface area contributed by atoms with E-state index in [-0.39, 0.29) is 11.6 Å². The molecule has 3 nitrogen and oxygen atoms in total. The molecule has 0 bridgehead atoms. The van der Waals surface area contributed by atoms with Gasteiger partial charge in [-0.2, -0.15) is 0 Å².